The average molecular weight is 293 g/mol. The van der Waals surface area contributed by atoms with Gasteiger partial charge in [0.1, 0.15) is 0 Å². The molecule has 1 saturated heterocycles. The van der Waals surface area contributed by atoms with E-state index in [1.54, 1.807) is 11.8 Å². The summed E-state index contributed by atoms with van der Waals surface area (Å²) < 4.78 is 13.6. The molecule has 2 atom stereocenters. The Morgan fingerprint density at radius 1 is 1.37 bits per heavy atom. The lowest BCUT2D eigenvalue weighted by atomic mass is 9.98. The van der Waals surface area contributed by atoms with E-state index in [0.717, 1.165) is 5.75 Å². The fourth-order valence-corrected chi connectivity index (χ4v) is 3.02. The number of hydrogen-bond acceptors (Lipinski definition) is 4. The van der Waals surface area contributed by atoms with Gasteiger partial charge in [0.2, 0.25) is 5.91 Å². The fraction of sp³-hybridized carbons (Fsp3) is 0.727. The number of amides is 1. The van der Waals surface area contributed by atoms with Crippen molar-refractivity contribution < 1.29 is 29.0 Å². The Kier molecular flexibility index (Phi) is 5.16. The van der Waals surface area contributed by atoms with Gasteiger partial charge in [0, 0.05) is 11.2 Å². The van der Waals surface area contributed by atoms with Crippen LogP contribution in [0.2, 0.25) is 0 Å². The summed E-state index contributed by atoms with van der Waals surface area (Å²) in [6.45, 7) is 0.909. The van der Waals surface area contributed by atoms with Crippen LogP contribution >= 0.6 is 11.8 Å². The SMILES string of the molecule is CC1CC(C(=O)NCC(F)(C(=O)O)C(=O)O)CCS1. The zero-order chi connectivity index (χ0) is 14.6. The van der Waals surface area contributed by atoms with Crippen molar-refractivity contribution in [3.63, 3.8) is 0 Å². The first-order chi connectivity index (χ1) is 8.77. The first-order valence-electron chi connectivity index (χ1n) is 5.82. The van der Waals surface area contributed by atoms with Gasteiger partial charge in [0.15, 0.2) is 0 Å². The predicted octanol–water partition coefficient (Wildman–Crippen LogP) is 0.512. The number of aliphatic carboxylic acids is 2. The largest absolute Gasteiger partial charge is 0.478 e. The third kappa shape index (κ3) is 3.82. The smallest absolute Gasteiger partial charge is 0.355 e. The van der Waals surface area contributed by atoms with Crippen LogP contribution in [-0.2, 0) is 14.4 Å². The molecule has 1 heterocycles. The van der Waals surface area contributed by atoms with Crippen molar-refractivity contribution >= 4 is 29.6 Å². The van der Waals surface area contributed by atoms with E-state index < -0.39 is 30.1 Å². The molecule has 0 aliphatic carbocycles. The van der Waals surface area contributed by atoms with Gasteiger partial charge in [-0.05, 0) is 18.6 Å². The highest BCUT2D eigenvalue weighted by Gasteiger charge is 2.48. The molecule has 1 amide bonds. The summed E-state index contributed by atoms with van der Waals surface area (Å²) in [5.74, 6) is -4.24. The molecule has 0 spiro atoms. The molecule has 19 heavy (non-hydrogen) atoms. The number of alkyl halides is 1. The minimum Gasteiger partial charge on any atom is -0.478 e. The molecule has 0 bridgehead atoms. The minimum absolute atomic E-state index is 0.304. The molecule has 8 heteroatoms. The number of hydrogen-bond donors (Lipinski definition) is 3. The van der Waals surface area contributed by atoms with Crippen LogP contribution < -0.4 is 5.32 Å². The van der Waals surface area contributed by atoms with Crippen LogP contribution in [0.15, 0.2) is 0 Å². The molecule has 2 unspecified atom stereocenters. The van der Waals surface area contributed by atoms with E-state index in [0.29, 0.717) is 18.1 Å². The first kappa shape index (κ1) is 15.7. The third-order valence-electron chi connectivity index (χ3n) is 3.04. The molecule has 0 saturated carbocycles. The lowest BCUT2D eigenvalue weighted by molar-refractivity contribution is -0.166. The summed E-state index contributed by atoms with van der Waals surface area (Å²) in [7, 11) is 0. The minimum atomic E-state index is -3.48. The van der Waals surface area contributed by atoms with Crippen LogP contribution in [0.25, 0.3) is 0 Å². The quantitative estimate of drug-likeness (QED) is 0.638. The number of rotatable bonds is 5. The molecule has 0 aromatic carbocycles. The van der Waals surface area contributed by atoms with Crippen molar-refractivity contribution in [3.8, 4) is 0 Å². The molecule has 0 radical (unpaired) electrons. The van der Waals surface area contributed by atoms with E-state index in [9.17, 15) is 18.8 Å². The Morgan fingerprint density at radius 3 is 2.42 bits per heavy atom. The number of carboxylic acids is 2. The molecule has 6 nitrogen and oxygen atoms in total. The Balaban J connectivity index is 2.57. The van der Waals surface area contributed by atoms with Crippen molar-refractivity contribution in [3.05, 3.63) is 0 Å². The van der Waals surface area contributed by atoms with Gasteiger partial charge in [-0.15, -0.1) is 0 Å². The normalized spacial score (nSPS) is 23.7. The van der Waals surface area contributed by atoms with Gasteiger partial charge in [-0.2, -0.15) is 11.8 Å². The maximum Gasteiger partial charge on any atom is 0.355 e. The molecular formula is C11H16FNO5S. The van der Waals surface area contributed by atoms with Gasteiger partial charge in [0.25, 0.3) is 0 Å². The zero-order valence-electron chi connectivity index (χ0n) is 10.4. The molecule has 3 N–H and O–H groups in total. The molecule has 108 valence electrons. The summed E-state index contributed by atoms with van der Waals surface area (Å²) in [6.07, 6.45) is 1.25. The summed E-state index contributed by atoms with van der Waals surface area (Å²) in [5.41, 5.74) is -3.48. The maximum atomic E-state index is 13.6. The Hall–Kier alpha value is -1.31. The van der Waals surface area contributed by atoms with Crippen molar-refractivity contribution in [2.24, 2.45) is 5.92 Å². The average Bonchev–Trinajstić information content (AvgIpc) is 2.34. The van der Waals surface area contributed by atoms with E-state index in [1.807, 2.05) is 6.92 Å². The molecule has 0 aromatic heterocycles. The van der Waals surface area contributed by atoms with E-state index >= 15 is 0 Å². The molecule has 1 rings (SSSR count). The predicted molar refractivity (Wildman–Crippen MR) is 66.8 cm³/mol. The molecule has 1 aliphatic rings. The summed E-state index contributed by atoms with van der Waals surface area (Å²) in [6, 6.07) is 0. The standard InChI is InChI=1S/C11H16FNO5S/c1-6-4-7(2-3-19-6)8(14)13-5-11(12,9(15)16)10(17)18/h6-7H,2-5H2,1H3,(H,13,14)(H,15,16)(H,17,18). The maximum absolute atomic E-state index is 13.6. The van der Waals surface area contributed by atoms with Crippen LogP contribution in [0.4, 0.5) is 4.39 Å². The first-order valence-corrected chi connectivity index (χ1v) is 6.87. The molecular weight excluding hydrogens is 277 g/mol. The van der Waals surface area contributed by atoms with Crippen molar-refractivity contribution in [2.75, 3.05) is 12.3 Å². The number of carbonyl (C=O) groups excluding carboxylic acids is 1. The summed E-state index contributed by atoms with van der Waals surface area (Å²) in [5, 5.41) is 19.5. The van der Waals surface area contributed by atoms with Crippen LogP contribution in [0, 0.1) is 5.92 Å². The second-order valence-corrected chi connectivity index (χ2v) is 6.08. The third-order valence-corrected chi connectivity index (χ3v) is 4.27. The zero-order valence-corrected chi connectivity index (χ0v) is 11.2. The number of carboxylic acid groups (broad SMARTS) is 2. The van der Waals surface area contributed by atoms with Gasteiger partial charge in [-0.25, -0.2) is 14.0 Å². The lowest BCUT2D eigenvalue weighted by Gasteiger charge is -2.26. The van der Waals surface area contributed by atoms with Gasteiger partial charge >= 0.3 is 17.6 Å². The van der Waals surface area contributed by atoms with E-state index in [2.05, 4.69) is 5.32 Å². The monoisotopic (exact) mass is 293 g/mol. The van der Waals surface area contributed by atoms with Crippen molar-refractivity contribution in [2.45, 2.75) is 30.7 Å². The molecule has 1 fully saturated rings. The van der Waals surface area contributed by atoms with Gasteiger partial charge in [-0.3, -0.25) is 4.79 Å². The van der Waals surface area contributed by atoms with Crippen molar-refractivity contribution in [1.29, 1.82) is 0 Å². The second-order valence-electron chi connectivity index (χ2n) is 4.53. The van der Waals surface area contributed by atoms with Gasteiger partial charge in [0.05, 0.1) is 6.54 Å². The number of carbonyl (C=O) groups is 3. The van der Waals surface area contributed by atoms with Crippen LogP contribution in [0.3, 0.4) is 0 Å². The molecule has 1 aliphatic heterocycles. The van der Waals surface area contributed by atoms with E-state index in [1.165, 1.54) is 0 Å². The fourth-order valence-electron chi connectivity index (χ4n) is 1.83. The lowest BCUT2D eigenvalue weighted by Crippen LogP contribution is -2.52. The number of nitrogens with one attached hydrogen (secondary N) is 1. The summed E-state index contributed by atoms with van der Waals surface area (Å²) in [4.78, 5) is 32.9. The Bertz CT molecular complexity index is 375. The Labute approximate surface area is 113 Å². The number of halogens is 1. The second kappa shape index (κ2) is 6.23. The van der Waals surface area contributed by atoms with Crippen LogP contribution in [0.5, 0.6) is 0 Å². The Morgan fingerprint density at radius 2 is 1.95 bits per heavy atom. The van der Waals surface area contributed by atoms with Gasteiger partial charge < -0.3 is 15.5 Å². The highest BCUT2D eigenvalue weighted by atomic mass is 32.2. The van der Waals surface area contributed by atoms with Crippen LogP contribution in [0.1, 0.15) is 19.8 Å². The highest BCUT2D eigenvalue weighted by molar-refractivity contribution is 7.99. The topological polar surface area (TPSA) is 104 Å². The van der Waals surface area contributed by atoms with E-state index in [-0.39, 0.29) is 5.92 Å². The number of thioether (sulfide) groups is 1. The van der Waals surface area contributed by atoms with E-state index in [4.69, 9.17) is 10.2 Å². The molecule has 0 aromatic rings. The van der Waals surface area contributed by atoms with Gasteiger partial charge in [-0.1, -0.05) is 6.92 Å². The van der Waals surface area contributed by atoms with Crippen LogP contribution in [-0.4, -0.2) is 51.3 Å². The van der Waals surface area contributed by atoms with Crippen molar-refractivity contribution in [1.82, 2.24) is 5.32 Å². The highest BCUT2D eigenvalue weighted by Crippen LogP contribution is 2.29. The summed E-state index contributed by atoms with van der Waals surface area (Å²) >= 11 is 1.73.